The van der Waals surface area contributed by atoms with Crippen molar-refractivity contribution in [2.75, 3.05) is 19.9 Å². The van der Waals surface area contributed by atoms with Crippen LogP contribution in [-0.2, 0) is 6.42 Å². The summed E-state index contributed by atoms with van der Waals surface area (Å²) >= 11 is 0. The van der Waals surface area contributed by atoms with Crippen LogP contribution in [0.5, 0.6) is 17.2 Å². The fraction of sp³-hybridized carbons (Fsp3) is 0.455. The summed E-state index contributed by atoms with van der Waals surface area (Å²) in [5.74, 6) is 2.21. The van der Waals surface area contributed by atoms with Crippen molar-refractivity contribution in [2.24, 2.45) is 5.73 Å². The van der Waals surface area contributed by atoms with Crippen molar-refractivity contribution in [1.82, 2.24) is 0 Å². The van der Waals surface area contributed by atoms with Gasteiger partial charge in [-0.1, -0.05) is 0 Å². The molecule has 1 aromatic rings. The van der Waals surface area contributed by atoms with Gasteiger partial charge in [0.05, 0.1) is 6.61 Å². The number of rotatable bonds is 4. The first kappa shape index (κ1) is 10.1. The lowest BCUT2D eigenvalue weighted by molar-refractivity contribution is 0.170. The van der Waals surface area contributed by atoms with E-state index in [1.165, 1.54) is 0 Å². The van der Waals surface area contributed by atoms with E-state index in [-0.39, 0.29) is 6.79 Å². The molecule has 0 aromatic heterocycles. The van der Waals surface area contributed by atoms with E-state index < -0.39 is 0 Å². The minimum Gasteiger partial charge on any atom is -0.490 e. The summed E-state index contributed by atoms with van der Waals surface area (Å²) in [4.78, 5) is 0. The minimum atomic E-state index is 0.265. The van der Waals surface area contributed by atoms with Gasteiger partial charge in [0.15, 0.2) is 11.5 Å². The Morgan fingerprint density at radius 1 is 1.40 bits per heavy atom. The number of benzene rings is 1. The van der Waals surface area contributed by atoms with Gasteiger partial charge in [0.25, 0.3) is 0 Å². The van der Waals surface area contributed by atoms with Crippen LogP contribution >= 0.6 is 0 Å². The first-order chi connectivity index (χ1) is 7.35. The molecule has 0 atom stereocenters. The van der Waals surface area contributed by atoms with Crippen molar-refractivity contribution in [2.45, 2.75) is 13.3 Å². The van der Waals surface area contributed by atoms with Crippen LogP contribution < -0.4 is 19.9 Å². The number of hydrogen-bond donors (Lipinski definition) is 1. The predicted molar refractivity (Wildman–Crippen MR) is 56.5 cm³/mol. The predicted octanol–water partition coefficient (Wildman–Crippen LogP) is 1.32. The molecule has 4 nitrogen and oxygen atoms in total. The molecule has 0 saturated carbocycles. The first-order valence-electron chi connectivity index (χ1n) is 5.10. The summed E-state index contributed by atoms with van der Waals surface area (Å²) in [6, 6.07) is 3.92. The molecule has 0 amide bonds. The Kier molecular flexibility index (Phi) is 2.97. The molecule has 82 valence electrons. The molecule has 15 heavy (non-hydrogen) atoms. The van der Waals surface area contributed by atoms with Gasteiger partial charge in [0.1, 0.15) is 0 Å². The summed E-state index contributed by atoms with van der Waals surface area (Å²) in [5.41, 5.74) is 6.63. The van der Waals surface area contributed by atoms with Crippen LogP contribution in [0.15, 0.2) is 12.1 Å². The Bertz CT molecular complexity index is 352. The Balaban J connectivity index is 2.34. The lowest BCUT2D eigenvalue weighted by Gasteiger charge is -2.09. The van der Waals surface area contributed by atoms with Gasteiger partial charge in [-0.3, -0.25) is 0 Å². The SMILES string of the molecule is CCOc1cc(CCN)cc2c1OCO2. The van der Waals surface area contributed by atoms with E-state index in [2.05, 4.69) is 0 Å². The molecule has 1 aliphatic heterocycles. The van der Waals surface area contributed by atoms with Gasteiger partial charge in [-0.05, 0) is 37.6 Å². The maximum atomic E-state index is 5.52. The largest absolute Gasteiger partial charge is 0.490 e. The normalized spacial score (nSPS) is 12.9. The van der Waals surface area contributed by atoms with E-state index >= 15 is 0 Å². The smallest absolute Gasteiger partial charge is 0.231 e. The zero-order valence-electron chi connectivity index (χ0n) is 8.79. The van der Waals surface area contributed by atoms with Gasteiger partial charge in [0.2, 0.25) is 12.5 Å². The second kappa shape index (κ2) is 4.40. The fourth-order valence-corrected chi connectivity index (χ4v) is 1.61. The molecule has 1 aliphatic rings. The standard InChI is InChI=1S/C11H15NO3/c1-2-13-9-5-8(3-4-12)6-10-11(9)15-7-14-10/h5-6H,2-4,7,12H2,1H3. The highest BCUT2D eigenvalue weighted by atomic mass is 16.7. The summed E-state index contributed by atoms with van der Waals surface area (Å²) < 4.78 is 16.2. The van der Waals surface area contributed by atoms with Crippen molar-refractivity contribution in [1.29, 1.82) is 0 Å². The summed E-state index contributed by atoms with van der Waals surface area (Å²) in [5, 5.41) is 0. The van der Waals surface area contributed by atoms with Crippen molar-refractivity contribution >= 4 is 0 Å². The third-order valence-corrected chi connectivity index (χ3v) is 2.23. The molecule has 0 unspecified atom stereocenters. The molecular formula is C11H15NO3. The van der Waals surface area contributed by atoms with E-state index in [4.69, 9.17) is 19.9 Å². The average molecular weight is 209 g/mol. The van der Waals surface area contributed by atoms with Crippen LogP contribution in [0.3, 0.4) is 0 Å². The van der Waals surface area contributed by atoms with E-state index in [0.29, 0.717) is 18.9 Å². The highest BCUT2D eigenvalue weighted by molar-refractivity contribution is 5.55. The Hall–Kier alpha value is -1.42. The zero-order valence-corrected chi connectivity index (χ0v) is 8.79. The Morgan fingerprint density at radius 2 is 2.27 bits per heavy atom. The maximum Gasteiger partial charge on any atom is 0.231 e. The van der Waals surface area contributed by atoms with Gasteiger partial charge in [-0.15, -0.1) is 0 Å². The van der Waals surface area contributed by atoms with Crippen molar-refractivity contribution in [3.8, 4) is 17.2 Å². The lowest BCUT2D eigenvalue weighted by Crippen LogP contribution is -2.03. The highest BCUT2D eigenvalue weighted by Crippen LogP contribution is 2.42. The number of nitrogens with two attached hydrogens (primary N) is 1. The first-order valence-corrected chi connectivity index (χ1v) is 5.10. The van der Waals surface area contributed by atoms with Gasteiger partial charge < -0.3 is 19.9 Å². The van der Waals surface area contributed by atoms with Crippen LogP contribution in [0.4, 0.5) is 0 Å². The van der Waals surface area contributed by atoms with Crippen molar-refractivity contribution < 1.29 is 14.2 Å². The molecule has 2 N–H and O–H groups in total. The molecule has 0 aliphatic carbocycles. The third kappa shape index (κ3) is 1.99. The lowest BCUT2D eigenvalue weighted by atomic mass is 10.1. The van der Waals surface area contributed by atoms with Crippen LogP contribution in [-0.4, -0.2) is 19.9 Å². The molecule has 0 spiro atoms. The van der Waals surface area contributed by atoms with Gasteiger partial charge in [-0.25, -0.2) is 0 Å². The molecule has 1 heterocycles. The Morgan fingerprint density at radius 3 is 3.00 bits per heavy atom. The molecule has 2 rings (SSSR count). The van der Waals surface area contributed by atoms with Crippen LogP contribution in [0.2, 0.25) is 0 Å². The molecule has 0 radical (unpaired) electrons. The molecule has 4 heteroatoms. The maximum absolute atomic E-state index is 5.52. The van der Waals surface area contributed by atoms with Crippen LogP contribution in [0.1, 0.15) is 12.5 Å². The average Bonchev–Trinajstić information content (AvgIpc) is 2.67. The molecule has 0 bridgehead atoms. The second-order valence-corrected chi connectivity index (χ2v) is 3.30. The topological polar surface area (TPSA) is 53.7 Å². The molecule has 0 fully saturated rings. The van der Waals surface area contributed by atoms with E-state index in [1.54, 1.807) is 0 Å². The summed E-state index contributed by atoms with van der Waals surface area (Å²) in [7, 11) is 0. The van der Waals surface area contributed by atoms with Gasteiger partial charge >= 0.3 is 0 Å². The highest BCUT2D eigenvalue weighted by Gasteiger charge is 2.19. The number of fused-ring (bicyclic) bond motifs is 1. The fourth-order valence-electron chi connectivity index (χ4n) is 1.61. The minimum absolute atomic E-state index is 0.265. The monoisotopic (exact) mass is 209 g/mol. The van der Waals surface area contributed by atoms with E-state index in [1.807, 2.05) is 19.1 Å². The molecule has 0 saturated heterocycles. The third-order valence-electron chi connectivity index (χ3n) is 2.23. The van der Waals surface area contributed by atoms with Gasteiger partial charge in [-0.2, -0.15) is 0 Å². The summed E-state index contributed by atoms with van der Waals surface area (Å²) in [6.07, 6.45) is 0.816. The zero-order chi connectivity index (χ0) is 10.7. The van der Waals surface area contributed by atoms with E-state index in [0.717, 1.165) is 23.5 Å². The van der Waals surface area contributed by atoms with E-state index in [9.17, 15) is 0 Å². The second-order valence-electron chi connectivity index (χ2n) is 3.30. The van der Waals surface area contributed by atoms with Crippen molar-refractivity contribution in [3.05, 3.63) is 17.7 Å². The quantitative estimate of drug-likeness (QED) is 0.812. The van der Waals surface area contributed by atoms with Crippen molar-refractivity contribution in [3.63, 3.8) is 0 Å². The van der Waals surface area contributed by atoms with Crippen LogP contribution in [0, 0.1) is 0 Å². The number of hydrogen-bond acceptors (Lipinski definition) is 4. The molecule has 1 aromatic carbocycles. The van der Waals surface area contributed by atoms with Crippen LogP contribution in [0.25, 0.3) is 0 Å². The van der Waals surface area contributed by atoms with Gasteiger partial charge in [0, 0.05) is 0 Å². The number of ether oxygens (including phenoxy) is 3. The summed E-state index contributed by atoms with van der Waals surface area (Å²) in [6.45, 7) is 3.44. The Labute approximate surface area is 88.9 Å². The molecular weight excluding hydrogens is 194 g/mol.